The lowest BCUT2D eigenvalue weighted by Crippen LogP contribution is -2.62. The molecule has 0 radical (unpaired) electrons. The van der Waals surface area contributed by atoms with Gasteiger partial charge in [0.05, 0.1) is 18.8 Å². The van der Waals surface area contributed by atoms with E-state index < -0.39 is 11.5 Å². The minimum atomic E-state index is -0.403. The van der Waals surface area contributed by atoms with Crippen LogP contribution in [0.4, 0.5) is 0 Å². The highest BCUT2D eigenvalue weighted by molar-refractivity contribution is 5.27. The second-order valence-corrected chi connectivity index (χ2v) is 9.56. The smallest absolute Gasteiger partial charge is 0.0809 e. The number of hydrogen-bond acceptors (Lipinski definition) is 3. The SMILES string of the molecule is C=C1C2CC[C@@H]3[C@@](CC[C@H]4[C@@]3(C)CCC(O)[C@]4(C)CO)(C2)C1O. The van der Waals surface area contributed by atoms with Crippen LogP contribution in [-0.2, 0) is 0 Å². The summed E-state index contributed by atoms with van der Waals surface area (Å²) in [7, 11) is 0. The summed E-state index contributed by atoms with van der Waals surface area (Å²) >= 11 is 0. The molecule has 130 valence electrons. The van der Waals surface area contributed by atoms with Crippen LogP contribution >= 0.6 is 0 Å². The molecule has 2 bridgehead atoms. The molecule has 0 aliphatic heterocycles. The van der Waals surface area contributed by atoms with Crippen molar-refractivity contribution < 1.29 is 15.3 Å². The largest absolute Gasteiger partial charge is 0.396 e. The van der Waals surface area contributed by atoms with Crippen molar-refractivity contribution in [3.63, 3.8) is 0 Å². The van der Waals surface area contributed by atoms with E-state index in [1.54, 1.807) is 0 Å². The van der Waals surface area contributed by atoms with E-state index in [-0.39, 0.29) is 23.5 Å². The number of aliphatic hydroxyl groups is 3. The van der Waals surface area contributed by atoms with Crippen LogP contribution in [0.1, 0.15) is 58.8 Å². The van der Waals surface area contributed by atoms with E-state index in [2.05, 4.69) is 20.4 Å². The zero-order chi connectivity index (χ0) is 16.6. The summed E-state index contributed by atoms with van der Waals surface area (Å²) < 4.78 is 0. The number of rotatable bonds is 1. The van der Waals surface area contributed by atoms with Gasteiger partial charge in [0.25, 0.3) is 0 Å². The molecule has 4 aliphatic rings. The van der Waals surface area contributed by atoms with E-state index in [9.17, 15) is 15.3 Å². The molecule has 1 spiro atoms. The Hall–Kier alpha value is -0.380. The summed E-state index contributed by atoms with van der Waals surface area (Å²) in [6.45, 7) is 8.74. The molecule has 0 saturated heterocycles. The molecule has 3 N–H and O–H groups in total. The monoisotopic (exact) mass is 320 g/mol. The van der Waals surface area contributed by atoms with Crippen molar-refractivity contribution in [3.05, 3.63) is 12.2 Å². The van der Waals surface area contributed by atoms with E-state index in [4.69, 9.17) is 0 Å². The summed E-state index contributed by atoms with van der Waals surface area (Å²) in [6, 6.07) is 0. The summed E-state index contributed by atoms with van der Waals surface area (Å²) in [5.41, 5.74) is 0.817. The average molecular weight is 320 g/mol. The quantitative estimate of drug-likeness (QED) is 0.651. The molecular formula is C20H32O3. The van der Waals surface area contributed by atoms with Crippen molar-refractivity contribution in [2.45, 2.75) is 71.0 Å². The Morgan fingerprint density at radius 3 is 2.48 bits per heavy atom. The van der Waals surface area contributed by atoms with Gasteiger partial charge in [-0.25, -0.2) is 0 Å². The predicted molar refractivity (Wildman–Crippen MR) is 89.7 cm³/mol. The standard InChI is InChI=1S/C20H32O3/c1-12-13-4-5-15-18(2)8-7-16(22)19(3,11-21)14(18)6-9-20(15,10-13)17(12)23/h13-17,21-23H,1,4-11H2,2-3H3/t13?,14-,15-,16?,17?,18+,19+,20+/m0/s1. The topological polar surface area (TPSA) is 60.7 Å². The van der Waals surface area contributed by atoms with Crippen molar-refractivity contribution in [2.24, 2.45) is 34.0 Å². The zero-order valence-electron chi connectivity index (χ0n) is 14.6. The van der Waals surface area contributed by atoms with Gasteiger partial charge >= 0.3 is 0 Å². The van der Waals surface area contributed by atoms with Crippen molar-refractivity contribution in [1.29, 1.82) is 0 Å². The van der Waals surface area contributed by atoms with E-state index in [0.29, 0.717) is 17.8 Å². The molecule has 8 atom stereocenters. The van der Waals surface area contributed by atoms with E-state index in [1.807, 2.05) is 0 Å². The molecular weight excluding hydrogens is 288 g/mol. The van der Waals surface area contributed by atoms with Crippen molar-refractivity contribution in [1.82, 2.24) is 0 Å². The first-order valence-corrected chi connectivity index (χ1v) is 9.45. The lowest BCUT2D eigenvalue weighted by molar-refractivity contribution is -0.209. The maximum Gasteiger partial charge on any atom is 0.0809 e. The highest BCUT2D eigenvalue weighted by atomic mass is 16.3. The summed E-state index contributed by atoms with van der Waals surface area (Å²) in [5.74, 6) is 1.36. The van der Waals surface area contributed by atoms with E-state index >= 15 is 0 Å². The highest BCUT2D eigenvalue weighted by Crippen LogP contribution is 2.71. The Morgan fingerprint density at radius 2 is 1.78 bits per heavy atom. The van der Waals surface area contributed by atoms with E-state index in [0.717, 1.165) is 44.1 Å². The Morgan fingerprint density at radius 1 is 1.04 bits per heavy atom. The maximum absolute atomic E-state index is 11.0. The Kier molecular flexibility index (Phi) is 3.38. The Bertz CT molecular complexity index is 531. The molecule has 4 fully saturated rings. The minimum Gasteiger partial charge on any atom is -0.396 e. The molecule has 0 aromatic carbocycles. The second-order valence-electron chi connectivity index (χ2n) is 9.56. The molecule has 4 rings (SSSR count). The van der Waals surface area contributed by atoms with Gasteiger partial charge in [-0.15, -0.1) is 0 Å². The Balaban J connectivity index is 1.77. The van der Waals surface area contributed by atoms with Gasteiger partial charge in [-0.05, 0) is 73.7 Å². The number of fused-ring (bicyclic) bond motifs is 3. The van der Waals surface area contributed by atoms with Crippen LogP contribution < -0.4 is 0 Å². The minimum absolute atomic E-state index is 0.0178. The molecule has 3 heteroatoms. The van der Waals surface area contributed by atoms with Gasteiger partial charge in [0.1, 0.15) is 0 Å². The van der Waals surface area contributed by atoms with Gasteiger partial charge in [-0.1, -0.05) is 20.4 Å². The molecule has 3 nitrogen and oxygen atoms in total. The lowest BCUT2D eigenvalue weighted by atomic mass is 9.40. The first-order valence-electron chi connectivity index (χ1n) is 9.45. The molecule has 3 unspecified atom stereocenters. The van der Waals surface area contributed by atoms with Crippen molar-refractivity contribution in [2.75, 3.05) is 6.61 Å². The number of aliphatic hydroxyl groups excluding tert-OH is 3. The van der Waals surface area contributed by atoms with Gasteiger partial charge in [0, 0.05) is 10.8 Å². The fourth-order valence-electron chi connectivity index (χ4n) is 7.61. The van der Waals surface area contributed by atoms with E-state index in [1.165, 1.54) is 6.42 Å². The first kappa shape index (κ1) is 16.1. The maximum atomic E-state index is 11.0. The van der Waals surface area contributed by atoms with Crippen LogP contribution in [-0.4, -0.2) is 34.1 Å². The van der Waals surface area contributed by atoms with Crippen LogP contribution in [0.25, 0.3) is 0 Å². The lowest BCUT2D eigenvalue weighted by Gasteiger charge is -2.65. The third kappa shape index (κ3) is 1.77. The molecule has 4 aliphatic carbocycles. The van der Waals surface area contributed by atoms with Crippen LogP contribution in [0.5, 0.6) is 0 Å². The second kappa shape index (κ2) is 4.83. The van der Waals surface area contributed by atoms with Crippen LogP contribution in [0.15, 0.2) is 12.2 Å². The summed E-state index contributed by atoms with van der Waals surface area (Å²) in [6.07, 6.45) is 6.52. The third-order valence-electron chi connectivity index (χ3n) is 8.89. The molecule has 0 aromatic heterocycles. The molecule has 0 heterocycles. The first-order chi connectivity index (χ1) is 10.8. The van der Waals surface area contributed by atoms with Gasteiger partial charge in [-0.3, -0.25) is 0 Å². The van der Waals surface area contributed by atoms with Crippen LogP contribution in [0.3, 0.4) is 0 Å². The third-order valence-corrected chi connectivity index (χ3v) is 8.89. The predicted octanol–water partition coefficient (Wildman–Crippen LogP) is 2.89. The highest BCUT2D eigenvalue weighted by Gasteiger charge is 2.67. The fourth-order valence-corrected chi connectivity index (χ4v) is 7.61. The normalized spacial score (nSPS) is 58.7. The molecule has 4 saturated carbocycles. The van der Waals surface area contributed by atoms with Gasteiger partial charge in [-0.2, -0.15) is 0 Å². The zero-order valence-corrected chi connectivity index (χ0v) is 14.6. The number of hydrogen-bond donors (Lipinski definition) is 3. The van der Waals surface area contributed by atoms with Gasteiger partial charge in [0.15, 0.2) is 0 Å². The fraction of sp³-hybridized carbons (Fsp3) is 0.900. The molecule has 0 amide bonds. The van der Waals surface area contributed by atoms with Gasteiger partial charge < -0.3 is 15.3 Å². The summed E-state index contributed by atoms with van der Waals surface area (Å²) in [5, 5.41) is 31.6. The van der Waals surface area contributed by atoms with Crippen molar-refractivity contribution >= 4 is 0 Å². The van der Waals surface area contributed by atoms with Crippen molar-refractivity contribution in [3.8, 4) is 0 Å². The van der Waals surface area contributed by atoms with Crippen LogP contribution in [0, 0.1) is 34.0 Å². The Labute approximate surface area is 139 Å². The summed E-state index contributed by atoms with van der Waals surface area (Å²) in [4.78, 5) is 0. The molecule has 0 aromatic rings. The van der Waals surface area contributed by atoms with Crippen LogP contribution in [0.2, 0.25) is 0 Å². The van der Waals surface area contributed by atoms with Gasteiger partial charge in [0.2, 0.25) is 0 Å². The molecule has 23 heavy (non-hydrogen) atoms. The average Bonchev–Trinajstić information content (AvgIpc) is 2.72.